The molecule has 7 nitrogen and oxygen atoms in total. The highest BCUT2D eigenvalue weighted by Gasteiger charge is 2.45. The third-order valence-electron chi connectivity index (χ3n) is 6.73. The Balaban J connectivity index is 1.30. The van der Waals surface area contributed by atoms with Crippen LogP contribution in [0.4, 0.5) is 4.39 Å². The van der Waals surface area contributed by atoms with Gasteiger partial charge in [0.2, 0.25) is 5.88 Å². The van der Waals surface area contributed by atoms with Gasteiger partial charge in [0.05, 0.1) is 17.2 Å². The van der Waals surface area contributed by atoms with Gasteiger partial charge in [0.25, 0.3) is 5.91 Å². The van der Waals surface area contributed by atoms with Gasteiger partial charge in [-0.05, 0) is 61.6 Å². The first-order chi connectivity index (χ1) is 16.7. The Morgan fingerprint density at radius 3 is 2.68 bits per heavy atom. The predicted molar refractivity (Wildman–Crippen MR) is 124 cm³/mol. The molecule has 3 atom stereocenters. The summed E-state index contributed by atoms with van der Waals surface area (Å²) in [5.41, 5.74) is 1.03. The number of ether oxygens (including phenoxy) is 1. The van der Waals surface area contributed by atoms with Gasteiger partial charge in [-0.1, -0.05) is 6.07 Å². The molecule has 4 aromatic rings. The fourth-order valence-electron chi connectivity index (χ4n) is 5.16. The van der Waals surface area contributed by atoms with Gasteiger partial charge in [0.15, 0.2) is 11.5 Å². The second-order valence-electron chi connectivity index (χ2n) is 8.79. The van der Waals surface area contributed by atoms with Gasteiger partial charge in [-0.3, -0.25) is 4.79 Å². The van der Waals surface area contributed by atoms with Crippen LogP contribution in [0.5, 0.6) is 5.88 Å². The average Bonchev–Trinajstić information content (AvgIpc) is 2.89. The molecule has 7 rings (SSSR count). The normalized spacial score (nSPS) is 21.6. The molecule has 0 spiro atoms. The van der Waals surface area contributed by atoms with Crippen LogP contribution in [0.25, 0.3) is 22.4 Å². The van der Waals surface area contributed by atoms with Crippen molar-refractivity contribution in [2.45, 2.75) is 31.4 Å². The molecule has 3 fully saturated rings. The van der Waals surface area contributed by atoms with Gasteiger partial charge in [-0.2, -0.15) is 4.98 Å². The van der Waals surface area contributed by atoms with Gasteiger partial charge in [0, 0.05) is 36.6 Å². The topological polar surface area (TPSA) is 81.1 Å². The third kappa shape index (κ3) is 3.65. The molecule has 1 aromatic carbocycles. The Kier molecular flexibility index (Phi) is 5.13. The summed E-state index contributed by atoms with van der Waals surface area (Å²) in [6.45, 7) is 0.627. The molecule has 8 heteroatoms. The molecular formula is C26H22FN5O2. The van der Waals surface area contributed by atoms with E-state index in [1.165, 1.54) is 6.07 Å². The van der Waals surface area contributed by atoms with Crippen LogP contribution in [0.1, 0.15) is 29.6 Å². The summed E-state index contributed by atoms with van der Waals surface area (Å²) >= 11 is 0. The minimum absolute atomic E-state index is 0.119. The Hall–Kier alpha value is -3.94. The molecule has 1 amide bonds. The van der Waals surface area contributed by atoms with E-state index in [0.29, 0.717) is 24.0 Å². The maximum Gasteiger partial charge on any atom is 0.255 e. The molecule has 170 valence electrons. The van der Waals surface area contributed by atoms with Crippen molar-refractivity contribution < 1.29 is 13.9 Å². The van der Waals surface area contributed by atoms with E-state index in [1.54, 1.807) is 36.8 Å². The number of amides is 1. The van der Waals surface area contributed by atoms with Crippen molar-refractivity contribution in [3.8, 4) is 17.3 Å². The number of benzene rings is 1. The Morgan fingerprint density at radius 2 is 1.82 bits per heavy atom. The van der Waals surface area contributed by atoms with Gasteiger partial charge in [-0.25, -0.2) is 19.3 Å². The molecule has 5 heterocycles. The zero-order valence-electron chi connectivity index (χ0n) is 18.3. The largest absolute Gasteiger partial charge is 0.472 e. The Morgan fingerprint density at radius 1 is 0.971 bits per heavy atom. The smallest absolute Gasteiger partial charge is 0.255 e. The van der Waals surface area contributed by atoms with Crippen molar-refractivity contribution in [2.24, 2.45) is 5.92 Å². The fraction of sp³-hybridized carbons (Fsp3) is 0.269. The molecule has 3 aliphatic rings. The Labute approximate surface area is 195 Å². The van der Waals surface area contributed by atoms with Crippen LogP contribution in [-0.2, 0) is 0 Å². The van der Waals surface area contributed by atoms with Crippen molar-refractivity contribution in [3.05, 3.63) is 78.5 Å². The van der Waals surface area contributed by atoms with Crippen molar-refractivity contribution in [2.75, 3.05) is 6.54 Å². The summed E-state index contributed by atoms with van der Waals surface area (Å²) in [5, 5.41) is 0.943. The van der Waals surface area contributed by atoms with E-state index in [4.69, 9.17) is 4.74 Å². The lowest BCUT2D eigenvalue weighted by molar-refractivity contribution is -0.0312. The van der Waals surface area contributed by atoms with Crippen LogP contribution in [0, 0.1) is 11.7 Å². The van der Waals surface area contributed by atoms with E-state index in [0.717, 1.165) is 24.6 Å². The number of aromatic nitrogens is 4. The van der Waals surface area contributed by atoms with Crippen LogP contribution < -0.4 is 4.74 Å². The monoisotopic (exact) mass is 455 g/mol. The number of nitrogens with zero attached hydrogens (tertiary/aromatic N) is 5. The molecule has 1 aliphatic carbocycles. The number of pyridine rings is 2. The number of carbonyl (C=O) groups is 1. The predicted octanol–water partition coefficient (Wildman–Crippen LogP) is 4.30. The standard InChI is InChI=1S/C26H22FN5O2/c27-19-6-1-5-18(23(19)25-29-12-3-13-30-25)26(33)32-15-16-7-9-20(32)21(14-16)34-22-10-8-17-4-2-11-28-24(17)31-22/h1-6,8,10-13,16,20-21H,7,9,14-15H2/t16-,20+,21-/m1/s1. The van der Waals surface area contributed by atoms with Gasteiger partial charge in [-0.15, -0.1) is 0 Å². The minimum Gasteiger partial charge on any atom is -0.472 e. The number of hydrogen-bond donors (Lipinski definition) is 0. The van der Waals surface area contributed by atoms with Gasteiger partial charge < -0.3 is 9.64 Å². The van der Waals surface area contributed by atoms with Crippen LogP contribution in [-0.4, -0.2) is 49.4 Å². The summed E-state index contributed by atoms with van der Waals surface area (Å²) in [4.78, 5) is 32.8. The second-order valence-corrected chi connectivity index (χ2v) is 8.79. The maximum atomic E-state index is 14.9. The number of halogens is 1. The maximum absolute atomic E-state index is 14.9. The molecular weight excluding hydrogens is 433 g/mol. The molecule has 0 unspecified atom stereocenters. The summed E-state index contributed by atoms with van der Waals surface area (Å²) in [5.74, 6) is 0.285. The quantitative estimate of drug-likeness (QED) is 0.457. The fourth-order valence-corrected chi connectivity index (χ4v) is 5.16. The molecule has 34 heavy (non-hydrogen) atoms. The van der Waals surface area contributed by atoms with Crippen LogP contribution in [0.2, 0.25) is 0 Å². The van der Waals surface area contributed by atoms with Crippen molar-refractivity contribution in [1.82, 2.24) is 24.8 Å². The van der Waals surface area contributed by atoms with E-state index >= 15 is 0 Å². The van der Waals surface area contributed by atoms with E-state index < -0.39 is 5.82 Å². The molecule has 0 N–H and O–H groups in total. The lowest BCUT2D eigenvalue weighted by atomic mass is 9.77. The zero-order chi connectivity index (χ0) is 23.1. The highest BCUT2D eigenvalue weighted by molar-refractivity contribution is 6.00. The highest BCUT2D eigenvalue weighted by atomic mass is 19.1. The number of fused-ring (bicyclic) bond motifs is 4. The number of rotatable bonds is 4. The summed E-state index contributed by atoms with van der Waals surface area (Å²) in [7, 11) is 0. The van der Waals surface area contributed by atoms with Gasteiger partial charge in [0.1, 0.15) is 11.9 Å². The molecule has 3 aromatic heterocycles. The second kappa shape index (κ2) is 8.44. The van der Waals surface area contributed by atoms with Crippen molar-refractivity contribution in [1.29, 1.82) is 0 Å². The summed E-state index contributed by atoms with van der Waals surface area (Å²) in [6, 6.07) is 13.7. The number of carbonyl (C=O) groups excluding carboxylic acids is 1. The molecule has 2 saturated heterocycles. The van der Waals surface area contributed by atoms with E-state index in [9.17, 15) is 9.18 Å². The molecule has 0 radical (unpaired) electrons. The van der Waals surface area contributed by atoms with Crippen LogP contribution >= 0.6 is 0 Å². The first-order valence-electron chi connectivity index (χ1n) is 11.4. The van der Waals surface area contributed by atoms with Crippen LogP contribution in [0.3, 0.4) is 0 Å². The summed E-state index contributed by atoms with van der Waals surface area (Å²) < 4.78 is 21.2. The minimum atomic E-state index is -0.514. The van der Waals surface area contributed by atoms with E-state index in [1.807, 2.05) is 29.2 Å². The average molecular weight is 455 g/mol. The Bertz CT molecular complexity index is 1370. The van der Waals surface area contributed by atoms with Gasteiger partial charge >= 0.3 is 0 Å². The number of hydrogen-bond acceptors (Lipinski definition) is 6. The summed E-state index contributed by atoms with van der Waals surface area (Å²) in [6.07, 6.45) is 7.33. The third-order valence-corrected chi connectivity index (χ3v) is 6.73. The highest BCUT2D eigenvalue weighted by Crippen LogP contribution is 2.39. The first-order valence-corrected chi connectivity index (χ1v) is 11.4. The number of piperidine rings is 2. The lowest BCUT2D eigenvalue weighted by Crippen LogP contribution is -2.59. The molecule has 1 saturated carbocycles. The molecule has 2 bridgehead atoms. The van der Waals surface area contributed by atoms with Crippen LogP contribution in [0.15, 0.2) is 67.1 Å². The first kappa shape index (κ1) is 20.7. The van der Waals surface area contributed by atoms with E-state index in [-0.39, 0.29) is 35.0 Å². The lowest BCUT2D eigenvalue weighted by Gasteiger charge is -2.49. The SMILES string of the molecule is O=C(c1cccc(F)c1-c1ncccn1)N1C[C@@H]2CC[C@H]1[C@H](Oc1ccc3cccnc3n1)C2. The van der Waals surface area contributed by atoms with E-state index in [2.05, 4.69) is 19.9 Å². The van der Waals surface area contributed by atoms with Crippen molar-refractivity contribution >= 4 is 16.9 Å². The molecule has 2 aliphatic heterocycles. The van der Waals surface area contributed by atoms with Crippen molar-refractivity contribution in [3.63, 3.8) is 0 Å². The zero-order valence-corrected chi connectivity index (χ0v) is 18.3.